The van der Waals surface area contributed by atoms with Crippen LogP contribution in [0.2, 0.25) is 0 Å². The fraction of sp³-hybridized carbons (Fsp3) is 1.00. The van der Waals surface area contributed by atoms with Crippen molar-refractivity contribution in [2.45, 2.75) is 70.5 Å². The van der Waals surface area contributed by atoms with E-state index < -0.39 is 0 Å². The first-order chi connectivity index (χ1) is 9.05. The second-order valence-corrected chi connectivity index (χ2v) is 7.82. The van der Waals surface area contributed by atoms with Crippen molar-refractivity contribution < 1.29 is 0 Å². The maximum absolute atomic E-state index is 6.42. The minimum absolute atomic E-state index is 0.408. The normalized spacial score (nSPS) is 40.9. The van der Waals surface area contributed by atoms with E-state index >= 15 is 0 Å². The van der Waals surface area contributed by atoms with Crippen molar-refractivity contribution in [3.05, 3.63) is 0 Å². The lowest BCUT2D eigenvalue weighted by Crippen LogP contribution is -2.52. The summed E-state index contributed by atoms with van der Waals surface area (Å²) < 4.78 is 0. The van der Waals surface area contributed by atoms with Crippen molar-refractivity contribution in [3.8, 4) is 0 Å². The molecular formula is C16H31N3. The van der Waals surface area contributed by atoms with E-state index in [1.165, 1.54) is 64.7 Å². The average Bonchev–Trinajstić information content (AvgIpc) is 3.01. The molecule has 2 aliphatic heterocycles. The van der Waals surface area contributed by atoms with Crippen LogP contribution in [0.1, 0.15) is 52.4 Å². The van der Waals surface area contributed by atoms with E-state index in [2.05, 4.69) is 23.6 Å². The van der Waals surface area contributed by atoms with Gasteiger partial charge in [0.2, 0.25) is 0 Å². The molecule has 3 fully saturated rings. The molecule has 0 aromatic rings. The molecule has 1 saturated carbocycles. The predicted octanol–water partition coefficient (Wildman–Crippen LogP) is 2.06. The Hall–Kier alpha value is -0.120. The fourth-order valence-corrected chi connectivity index (χ4v) is 4.44. The minimum atomic E-state index is 0.408. The highest BCUT2D eigenvalue weighted by atomic mass is 15.3. The third kappa shape index (κ3) is 2.98. The van der Waals surface area contributed by atoms with Gasteiger partial charge in [0.05, 0.1) is 0 Å². The van der Waals surface area contributed by atoms with Crippen molar-refractivity contribution in [2.24, 2.45) is 11.1 Å². The third-order valence-corrected chi connectivity index (χ3v) is 5.73. The summed E-state index contributed by atoms with van der Waals surface area (Å²) in [6, 6.07) is 1.86. The van der Waals surface area contributed by atoms with Crippen LogP contribution in [-0.4, -0.2) is 54.1 Å². The number of hydrogen-bond acceptors (Lipinski definition) is 3. The van der Waals surface area contributed by atoms with Gasteiger partial charge in [-0.05, 0) is 57.0 Å². The van der Waals surface area contributed by atoms with Gasteiger partial charge < -0.3 is 5.73 Å². The van der Waals surface area contributed by atoms with E-state index in [1.807, 2.05) is 0 Å². The van der Waals surface area contributed by atoms with Gasteiger partial charge in [-0.3, -0.25) is 9.80 Å². The minimum Gasteiger partial charge on any atom is -0.326 e. The molecule has 0 spiro atoms. The largest absolute Gasteiger partial charge is 0.326 e. The molecular weight excluding hydrogens is 234 g/mol. The first-order valence-corrected chi connectivity index (χ1v) is 8.29. The topological polar surface area (TPSA) is 32.5 Å². The van der Waals surface area contributed by atoms with Gasteiger partial charge in [-0.15, -0.1) is 0 Å². The standard InChI is InChI=1S/C16H31N3/c1-16(2)7-5-14(17)15(11-16)19-10-6-13(12-19)18-8-3-4-9-18/h13-15H,3-12,17H2,1-2H3. The Labute approximate surface area is 118 Å². The third-order valence-electron chi connectivity index (χ3n) is 5.73. The smallest absolute Gasteiger partial charge is 0.0252 e. The van der Waals surface area contributed by atoms with Crippen molar-refractivity contribution in [1.29, 1.82) is 0 Å². The van der Waals surface area contributed by atoms with E-state index in [0.29, 0.717) is 17.5 Å². The van der Waals surface area contributed by atoms with E-state index in [1.54, 1.807) is 0 Å². The number of nitrogens with zero attached hydrogens (tertiary/aromatic N) is 2. The Bertz CT molecular complexity index is 309. The Morgan fingerprint density at radius 2 is 1.74 bits per heavy atom. The molecule has 2 saturated heterocycles. The molecule has 1 aliphatic carbocycles. The summed E-state index contributed by atoms with van der Waals surface area (Å²) in [6.07, 6.45) is 7.99. The van der Waals surface area contributed by atoms with Crippen LogP contribution in [0, 0.1) is 5.41 Å². The van der Waals surface area contributed by atoms with Gasteiger partial charge in [0.25, 0.3) is 0 Å². The molecule has 2 heterocycles. The molecule has 3 aliphatic rings. The second-order valence-electron chi connectivity index (χ2n) is 7.82. The summed E-state index contributed by atoms with van der Waals surface area (Å²) in [6.45, 7) is 10.0. The van der Waals surface area contributed by atoms with Gasteiger partial charge >= 0.3 is 0 Å². The van der Waals surface area contributed by atoms with Crippen LogP contribution >= 0.6 is 0 Å². The summed E-state index contributed by atoms with van der Waals surface area (Å²) in [7, 11) is 0. The van der Waals surface area contributed by atoms with E-state index in [0.717, 1.165) is 6.04 Å². The van der Waals surface area contributed by atoms with Crippen molar-refractivity contribution in [2.75, 3.05) is 26.2 Å². The predicted molar refractivity (Wildman–Crippen MR) is 80.2 cm³/mol. The van der Waals surface area contributed by atoms with Crippen molar-refractivity contribution in [3.63, 3.8) is 0 Å². The van der Waals surface area contributed by atoms with Crippen LogP contribution in [0.5, 0.6) is 0 Å². The molecule has 3 unspecified atom stereocenters. The maximum Gasteiger partial charge on any atom is 0.0252 e. The molecule has 3 heteroatoms. The van der Waals surface area contributed by atoms with Gasteiger partial charge in [0.1, 0.15) is 0 Å². The fourth-order valence-electron chi connectivity index (χ4n) is 4.44. The molecule has 0 aromatic carbocycles. The molecule has 0 aromatic heterocycles. The zero-order valence-electron chi connectivity index (χ0n) is 12.8. The van der Waals surface area contributed by atoms with E-state index in [4.69, 9.17) is 5.73 Å². The lowest BCUT2D eigenvalue weighted by Gasteiger charge is -2.43. The van der Waals surface area contributed by atoms with E-state index in [-0.39, 0.29) is 0 Å². The van der Waals surface area contributed by atoms with Gasteiger partial charge in [-0.2, -0.15) is 0 Å². The quantitative estimate of drug-likeness (QED) is 0.829. The van der Waals surface area contributed by atoms with Crippen molar-refractivity contribution >= 4 is 0 Å². The Balaban J connectivity index is 1.60. The summed E-state index contributed by atoms with van der Waals surface area (Å²) in [4.78, 5) is 5.44. The highest BCUT2D eigenvalue weighted by Crippen LogP contribution is 2.38. The van der Waals surface area contributed by atoms with E-state index in [9.17, 15) is 0 Å². The maximum atomic E-state index is 6.42. The molecule has 0 radical (unpaired) electrons. The van der Waals surface area contributed by atoms with Crippen LogP contribution in [-0.2, 0) is 0 Å². The molecule has 19 heavy (non-hydrogen) atoms. The van der Waals surface area contributed by atoms with Crippen molar-refractivity contribution in [1.82, 2.24) is 9.80 Å². The SMILES string of the molecule is CC1(C)CCC(N)C(N2CCC(N3CCCC3)C2)C1. The van der Waals surface area contributed by atoms with Gasteiger partial charge in [-0.25, -0.2) is 0 Å². The van der Waals surface area contributed by atoms with Crippen LogP contribution in [0.3, 0.4) is 0 Å². The van der Waals surface area contributed by atoms with Crippen LogP contribution in [0.15, 0.2) is 0 Å². The van der Waals surface area contributed by atoms with Gasteiger partial charge in [0.15, 0.2) is 0 Å². The summed E-state index contributed by atoms with van der Waals surface area (Å²) in [5, 5.41) is 0. The Morgan fingerprint density at radius 1 is 1.00 bits per heavy atom. The highest BCUT2D eigenvalue weighted by molar-refractivity contribution is 4.97. The summed E-state index contributed by atoms with van der Waals surface area (Å²) >= 11 is 0. The van der Waals surface area contributed by atoms with Gasteiger partial charge in [0, 0.05) is 31.2 Å². The average molecular weight is 265 g/mol. The molecule has 3 atom stereocenters. The summed E-state index contributed by atoms with van der Waals surface area (Å²) in [5.74, 6) is 0. The first-order valence-electron chi connectivity index (χ1n) is 8.29. The zero-order valence-corrected chi connectivity index (χ0v) is 12.8. The van der Waals surface area contributed by atoms with Gasteiger partial charge in [-0.1, -0.05) is 13.8 Å². The molecule has 0 bridgehead atoms. The zero-order chi connectivity index (χ0) is 13.5. The first kappa shape index (κ1) is 13.8. The molecule has 0 amide bonds. The summed E-state index contributed by atoms with van der Waals surface area (Å²) in [5.41, 5.74) is 6.92. The Morgan fingerprint density at radius 3 is 2.47 bits per heavy atom. The number of nitrogens with two attached hydrogens (primary N) is 1. The number of rotatable bonds is 2. The molecule has 3 nitrogen and oxygen atoms in total. The number of hydrogen-bond donors (Lipinski definition) is 1. The molecule has 2 N–H and O–H groups in total. The lowest BCUT2D eigenvalue weighted by atomic mass is 9.73. The highest BCUT2D eigenvalue weighted by Gasteiger charge is 2.40. The molecule has 110 valence electrons. The van der Waals surface area contributed by atoms with Crippen LogP contribution in [0.4, 0.5) is 0 Å². The Kier molecular flexibility index (Phi) is 3.89. The second kappa shape index (κ2) is 5.34. The number of likely N-dealkylation sites (tertiary alicyclic amines) is 2. The molecule has 3 rings (SSSR count). The van der Waals surface area contributed by atoms with Crippen LogP contribution in [0.25, 0.3) is 0 Å². The monoisotopic (exact) mass is 265 g/mol. The lowest BCUT2D eigenvalue weighted by molar-refractivity contribution is 0.0887. The van der Waals surface area contributed by atoms with Crippen LogP contribution < -0.4 is 5.73 Å².